The lowest BCUT2D eigenvalue weighted by molar-refractivity contribution is -0.135. The van der Waals surface area contributed by atoms with Crippen LogP contribution in [0.3, 0.4) is 0 Å². The zero-order valence-corrected chi connectivity index (χ0v) is 18.5. The second-order valence-corrected chi connectivity index (χ2v) is 8.61. The number of fused-ring (bicyclic) bond motifs is 1. The fraction of sp³-hybridized carbons (Fsp3) is 0.417. The zero-order chi connectivity index (χ0) is 22.8. The number of amides is 3. The van der Waals surface area contributed by atoms with Crippen LogP contribution in [0.1, 0.15) is 39.9 Å². The van der Waals surface area contributed by atoms with Crippen molar-refractivity contribution in [2.24, 2.45) is 0 Å². The predicted octanol–water partition coefficient (Wildman–Crippen LogP) is 0.956. The second kappa shape index (κ2) is 8.98. The van der Waals surface area contributed by atoms with Gasteiger partial charge in [-0.1, -0.05) is 30.3 Å². The second-order valence-electron chi connectivity index (χ2n) is 8.61. The van der Waals surface area contributed by atoms with Crippen molar-refractivity contribution in [3.8, 4) is 0 Å². The van der Waals surface area contributed by atoms with Crippen molar-refractivity contribution in [1.29, 1.82) is 0 Å². The van der Waals surface area contributed by atoms with Crippen LogP contribution < -0.4 is 10.9 Å². The highest BCUT2D eigenvalue weighted by molar-refractivity contribution is 5.95. The van der Waals surface area contributed by atoms with E-state index in [0.717, 1.165) is 16.7 Å². The van der Waals surface area contributed by atoms with E-state index in [1.165, 1.54) is 4.90 Å². The van der Waals surface area contributed by atoms with Gasteiger partial charge >= 0.3 is 0 Å². The van der Waals surface area contributed by atoms with Crippen LogP contribution in [-0.4, -0.2) is 58.8 Å². The molecule has 2 aliphatic heterocycles. The minimum Gasteiger partial charge on any atom is -0.345 e. The Morgan fingerprint density at radius 3 is 2.53 bits per heavy atom. The van der Waals surface area contributed by atoms with Crippen molar-refractivity contribution >= 4 is 17.7 Å². The Balaban J connectivity index is 1.65. The number of pyridine rings is 1. The molecule has 1 atom stereocenters. The smallest absolute Gasteiger partial charge is 0.263 e. The fourth-order valence-electron chi connectivity index (χ4n) is 4.42. The number of benzene rings is 1. The first-order valence-corrected chi connectivity index (χ1v) is 10.9. The molecular weight excluding hydrogens is 408 g/mol. The lowest BCUT2D eigenvalue weighted by Crippen LogP contribution is -2.47. The summed E-state index contributed by atoms with van der Waals surface area (Å²) in [6, 6.07) is 9.38. The summed E-state index contributed by atoms with van der Waals surface area (Å²) in [5, 5.41) is 2.73. The van der Waals surface area contributed by atoms with Crippen LogP contribution in [0.25, 0.3) is 0 Å². The van der Waals surface area contributed by atoms with E-state index in [-0.39, 0.29) is 28.8 Å². The van der Waals surface area contributed by atoms with Gasteiger partial charge < -0.3 is 19.7 Å². The predicted molar refractivity (Wildman–Crippen MR) is 119 cm³/mol. The molecule has 8 nitrogen and oxygen atoms in total. The first-order valence-electron chi connectivity index (χ1n) is 10.9. The van der Waals surface area contributed by atoms with Gasteiger partial charge in [-0.05, 0) is 36.0 Å². The number of aromatic nitrogens is 1. The third-order valence-corrected chi connectivity index (χ3v) is 6.18. The SMILES string of the molecule is CN(C)C(=O)c1c2c(cn(CCc3ccccc3)c1=O)CN(C(=O)[C@H]1CCC(=O)N1)CC2. The molecule has 8 heteroatoms. The number of aryl methyl sites for hydroxylation is 2. The molecule has 1 N–H and O–H groups in total. The molecule has 2 aromatic rings. The third-order valence-electron chi connectivity index (χ3n) is 6.18. The van der Waals surface area contributed by atoms with Crippen LogP contribution >= 0.6 is 0 Å². The van der Waals surface area contributed by atoms with E-state index in [1.807, 2.05) is 30.3 Å². The highest BCUT2D eigenvalue weighted by Crippen LogP contribution is 2.23. The normalized spacial score (nSPS) is 17.6. The number of nitrogens with zero attached hydrogens (tertiary/aromatic N) is 3. The summed E-state index contributed by atoms with van der Waals surface area (Å²) in [5.74, 6) is -0.526. The van der Waals surface area contributed by atoms with Gasteiger partial charge in [-0.25, -0.2) is 0 Å². The van der Waals surface area contributed by atoms with E-state index in [1.54, 1.807) is 29.8 Å². The van der Waals surface area contributed by atoms with E-state index < -0.39 is 6.04 Å². The van der Waals surface area contributed by atoms with Crippen LogP contribution in [-0.2, 0) is 35.5 Å². The van der Waals surface area contributed by atoms with Gasteiger partial charge in [0.05, 0.1) is 0 Å². The summed E-state index contributed by atoms with van der Waals surface area (Å²) < 4.78 is 1.59. The van der Waals surface area contributed by atoms with Crippen molar-refractivity contribution in [2.45, 2.75) is 44.8 Å². The van der Waals surface area contributed by atoms with E-state index in [4.69, 9.17) is 0 Å². The molecule has 4 rings (SSSR count). The minimum atomic E-state index is -0.490. The van der Waals surface area contributed by atoms with Gasteiger partial charge in [0.2, 0.25) is 11.8 Å². The number of nitrogens with one attached hydrogen (secondary N) is 1. The number of carbonyl (C=O) groups excluding carboxylic acids is 3. The van der Waals surface area contributed by atoms with Crippen molar-refractivity contribution in [3.63, 3.8) is 0 Å². The molecule has 0 saturated carbocycles. The molecule has 1 fully saturated rings. The first-order chi connectivity index (χ1) is 15.3. The zero-order valence-electron chi connectivity index (χ0n) is 18.5. The average Bonchev–Trinajstić information content (AvgIpc) is 3.23. The summed E-state index contributed by atoms with van der Waals surface area (Å²) in [4.78, 5) is 53.7. The molecule has 32 heavy (non-hydrogen) atoms. The molecule has 2 aliphatic rings. The van der Waals surface area contributed by atoms with Gasteiger partial charge in [-0.3, -0.25) is 19.2 Å². The van der Waals surface area contributed by atoms with Crippen molar-refractivity contribution in [3.05, 3.63) is 69.1 Å². The molecule has 1 saturated heterocycles. The molecule has 3 amide bonds. The highest BCUT2D eigenvalue weighted by atomic mass is 16.2. The van der Waals surface area contributed by atoms with Gasteiger partial charge in [0.25, 0.3) is 11.5 Å². The quantitative estimate of drug-likeness (QED) is 0.756. The van der Waals surface area contributed by atoms with Crippen LogP contribution in [0.2, 0.25) is 0 Å². The summed E-state index contributed by atoms with van der Waals surface area (Å²) in [7, 11) is 3.27. The van der Waals surface area contributed by atoms with Gasteiger partial charge in [-0.2, -0.15) is 0 Å². The first kappa shape index (κ1) is 21.8. The fourth-order valence-corrected chi connectivity index (χ4v) is 4.42. The standard InChI is InChI=1S/C24H28N4O4/c1-26(2)23(31)21-18-11-13-27(22(30)19-8-9-20(29)25-19)14-17(18)15-28(24(21)32)12-10-16-6-4-3-5-7-16/h3-7,15,19H,8-14H2,1-2H3,(H,25,29)/t19-/m1/s1. The van der Waals surface area contributed by atoms with Gasteiger partial charge in [0.1, 0.15) is 11.6 Å². The molecule has 0 unspecified atom stereocenters. The van der Waals surface area contributed by atoms with Gasteiger partial charge in [-0.15, -0.1) is 0 Å². The topological polar surface area (TPSA) is 91.7 Å². The number of hydrogen-bond acceptors (Lipinski definition) is 4. The summed E-state index contributed by atoms with van der Waals surface area (Å²) in [6.45, 7) is 1.18. The Bertz CT molecular complexity index is 1110. The monoisotopic (exact) mass is 436 g/mol. The minimum absolute atomic E-state index is 0.102. The molecule has 168 valence electrons. The van der Waals surface area contributed by atoms with Gasteiger partial charge in [0.15, 0.2) is 0 Å². The molecule has 0 radical (unpaired) electrons. The summed E-state index contributed by atoms with van der Waals surface area (Å²) >= 11 is 0. The van der Waals surface area contributed by atoms with E-state index in [9.17, 15) is 19.2 Å². The maximum absolute atomic E-state index is 13.3. The van der Waals surface area contributed by atoms with Crippen molar-refractivity contribution in [2.75, 3.05) is 20.6 Å². The maximum Gasteiger partial charge on any atom is 0.263 e. The molecular formula is C24H28N4O4. The molecule has 3 heterocycles. The van der Waals surface area contributed by atoms with Crippen LogP contribution in [0.15, 0.2) is 41.3 Å². The third kappa shape index (κ3) is 4.30. The Morgan fingerprint density at radius 1 is 1.12 bits per heavy atom. The lowest BCUT2D eigenvalue weighted by Gasteiger charge is -2.32. The Labute approximate surface area is 186 Å². The van der Waals surface area contributed by atoms with Crippen LogP contribution in [0.5, 0.6) is 0 Å². The summed E-state index contributed by atoms with van der Waals surface area (Å²) in [6.07, 6.45) is 3.75. The van der Waals surface area contributed by atoms with E-state index >= 15 is 0 Å². The van der Waals surface area contributed by atoms with Gasteiger partial charge in [0, 0.05) is 46.3 Å². The molecule has 0 spiro atoms. The molecule has 0 aliphatic carbocycles. The Morgan fingerprint density at radius 2 is 1.88 bits per heavy atom. The number of rotatable bonds is 5. The van der Waals surface area contributed by atoms with E-state index in [0.29, 0.717) is 45.3 Å². The maximum atomic E-state index is 13.3. The van der Waals surface area contributed by atoms with E-state index in [2.05, 4.69) is 5.32 Å². The highest BCUT2D eigenvalue weighted by Gasteiger charge is 2.34. The Hall–Kier alpha value is -3.42. The average molecular weight is 437 g/mol. The molecule has 1 aromatic heterocycles. The van der Waals surface area contributed by atoms with Crippen molar-refractivity contribution in [1.82, 2.24) is 19.7 Å². The number of hydrogen-bond donors (Lipinski definition) is 1. The largest absolute Gasteiger partial charge is 0.345 e. The summed E-state index contributed by atoms with van der Waals surface area (Å²) in [5.41, 5.74) is 2.55. The molecule has 0 bridgehead atoms. The van der Waals surface area contributed by atoms with Crippen LogP contribution in [0.4, 0.5) is 0 Å². The Kier molecular flexibility index (Phi) is 6.12. The number of carbonyl (C=O) groups is 3. The lowest BCUT2D eigenvalue weighted by atomic mass is 9.95. The van der Waals surface area contributed by atoms with Crippen LogP contribution in [0, 0.1) is 0 Å². The molecule has 1 aromatic carbocycles. The van der Waals surface area contributed by atoms with Crippen molar-refractivity contribution < 1.29 is 14.4 Å².